The van der Waals surface area contributed by atoms with Crippen LogP contribution in [-0.4, -0.2) is 22.6 Å². The highest BCUT2D eigenvalue weighted by Crippen LogP contribution is 2.69. The smallest absolute Gasteiger partial charge is 0.239 e. The molecule has 2 unspecified atom stereocenters. The number of benzene rings is 1. The molecule has 23 heavy (non-hydrogen) atoms. The maximum atomic E-state index is 13.0. The molecule has 2 aliphatic carbocycles. The second kappa shape index (κ2) is 4.63. The Morgan fingerprint density at radius 2 is 1.83 bits per heavy atom. The summed E-state index contributed by atoms with van der Waals surface area (Å²) in [7, 11) is 0. The fourth-order valence-corrected chi connectivity index (χ4v) is 4.23. The third kappa shape index (κ3) is 1.69. The van der Waals surface area contributed by atoms with Crippen molar-refractivity contribution in [2.24, 2.45) is 21.4 Å². The summed E-state index contributed by atoms with van der Waals surface area (Å²) in [6.45, 7) is 5.58. The summed E-state index contributed by atoms with van der Waals surface area (Å²) in [6.07, 6.45) is 1.00. The molecule has 1 aromatic carbocycles. The summed E-state index contributed by atoms with van der Waals surface area (Å²) < 4.78 is 13.0. The Balaban J connectivity index is 2.02. The summed E-state index contributed by atoms with van der Waals surface area (Å²) >= 11 is 0. The molecule has 0 spiro atoms. The van der Waals surface area contributed by atoms with E-state index < -0.39 is 33.8 Å². The first-order valence-corrected chi connectivity index (χ1v) is 7.55. The van der Waals surface area contributed by atoms with E-state index in [-0.39, 0.29) is 5.71 Å². The van der Waals surface area contributed by atoms with E-state index in [0.29, 0.717) is 18.5 Å². The minimum Gasteiger partial charge on any atom is -0.411 e. The van der Waals surface area contributed by atoms with E-state index >= 15 is 0 Å². The average molecular weight is 318 g/mol. The third-order valence-electron chi connectivity index (χ3n) is 6.16. The molecule has 1 amide bonds. The quantitative estimate of drug-likeness (QED) is 0.500. The molecule has 2 atom stereocenters. The maximum Gasteiger partial charge on any atom is 0.239 e. The number of rotatable bonds is 2. The van der Waals surface area contributed by atoms with Gasteiger partial charge in [-0.2, -0.15) is 0 Å². The molecule has 0 saturated heterocycles. The first kappa shape index (κ1) is 15.6. The molecule has 2 fully saturated rings. The Labute approximate surface area is 133 Å². The molecule has 1 aromatic rings. The molecule has 0 radical (unpaired) electrons. The Morgan fingerprint density at radius 3 is 2.35 bits per heavy atom. The molecule has 0 heterocycles. The second-order valence-electron chi connectivity index (χ2n) is 7.10. The van der Waals surface area contributed by atoms with E-state index in [9.17, 15) is 19.2 Å². The minimum absolute atomic E-state index is 0.0722. The monoisotopic (exact) mass is 318 g/mol. The number of fused-ring (bicyclic) bond motifs is 2. The van der Waals surface area contributed by atoms with Crippen LogP contribution in [0.1, 0.15) is 33.6 Å². The number of ketones is 1. The zero-order valence-corrected chi connectivity index (χ0v) is 13.3. The van der Waals surface area contributed by atoms with Crippen LogP contribution in [-0.2, 0) is 9.59 Å². The predicted molar refractivity (Wildman–Crippen MR) is 82.8 cm³/mol. The summed E-state index contributed by atoms with van der Waals surface area (Å²) in [5.74, 6) is -1.25. The highest BCUT2D eigenvalue weighted by molar-refractivity contribution is 6.51. The first-order chi connectivity index (χ1) is 10.7. The number of amides is 1. The van der Waals surface area contributed by atoms with Crippen LogP contribution in [0.25, 0.3) is 0 Å². The summed E-state index contributed by atoms with van der Waals surface area (Å²) in [5.41, 5.74) is -2.08. The fourth-order valence-electron chi connectivity index (χ4n) is 4.23. The largest absolute Gasteiger partial charge is 0.411 e. The molecular weight excluding hydrogens is 299 g/mol. The van der Waals surface area contributed by atoms with Crippen molar-refractivity contribution in [3.8, 4) is 0 Å². The van der Waals surface area contributed by atoms with E-state index in [4.69, 9.17) is 0 Å². The fraction of sp³-hybridized carbons (Fsp3) is 0.471. The number of Topliss-reactive ketones (excluding diaryl/α,β-unsaturated/α-hetero) is 1. The minimum atomic E-state index is -1.27. The highest BCUT2D eigenvalue weighted by atomic mass is 19.1. The van der Waals surface area contributed by atoms with E-state index in [1.54, 1.807) is 0 Å². The van der Waals surface area contributed by atoms with Crippen LogP contribution >= 0.6 is 0 Å². The first-order valence-electron chi connectivity index (χ1n) is 7.55. The second-order valence-corrected chi connectivity index (χ2v) is 7.10. The molecule has 3 rings (SSSR count). The van der Waals surface area contributed by atoms with Gasteiger partial charge in [-0.25, -0.2) is 4.39 Å². The normalized spacial score (nSPS) is 33.2. The van der Waals surface area contributed by atoms with Gasteiger partial charge in [-0.3, -0.25) is 9.59 Å². The van der Waals surface area contributed by atoms with Crippen LogP contribution in [0.4, 0.5) is 10.1 Å². The third-order valence-corrected chi connectivity index (χ3v) is 6.16. The van der Waals surface area contributed by atoms with Crippen LogP contribution in [0.15, 0.2) is 29.4 Å². The van der Waals surface area contributed by atoms with Gasteiger partial charge < -0.3 is 10.5 Å². The Hall–Kier alpha value is -2.24. The zero-order valence-electron chi connectivity index (χ0n) is 13.3. The van der Waals surface area contributed by atoms with Gasteiger partial charge in [0.25, 0.3) is 0 Å². The van der Waals surface area contributed by atoms with Crippen molar-refractivity contribution in [1.29, 1.82) is 0 Å². The topological polar surface area (TPSA) is 78.8 Å². The number of carbonyl (C=O) groups excluding carboxylic acids is 2. The number of anilines is 1. The van der Waals surface area contributed by atoms with Crippen molar-refractivity contribution in [3.05, 3.63) is 30.1 Å². The van der Waals surface area contributed by atoms with Gasteiger partial charge in [-0.1, -0.05) is 25.9 Å². The van der Waals surface area contributed by atoms with Crippen molar-refractivity contribution in [1.82, 2.24) is 0 Å². The molecule has 0 aromatic heterocycles. The van der Waals surface area contributed by atoms with Crippen molar-refractivity contribution in [2.45, 2.75) is 33.6 Å². The molecule has 6 heteroatoms. The Morgan fingerprint density at radius 1 is 1.22 bits per heavy atom. The van der Waals surface area contributed by atoms with Crippen LogP contribution in [0.2, 0.25) is 0 Å². The average Bonchev–Trinajstić information content (AvgIpc) is 2.77. The lowest BCUT2D eigenvalue weighted by Crippen LogP contribution is -2.47. The van der Waals surface area contributed by atoms with Gasteiger partial charge in [-0.05, 0) is 42.5 Å². The number of halogens is 1. The molecule has 2 bridgehead atoms. The summed E-state index contributed by atoms with van der Waals surface area (Å²) in [4.78, 5) is 25.8. The van der Waals surface area contributed by atoms with Gasteiger partial charge in [0, 0.05) is 11.1 Å². The van der Waals surface area contributed by atoms with Crippen molar-refractivity contribution in [2.75, 3.05) is 5.32 Å². The van der Waals surface area contributed by atoms with Gasteiger partial charge in [0.2, 0.25) is 5.91 Å². The summed E-state index contributed by atoms with van der Waals surface area (Å²) in [5, 5.41) is 15.2. The van der Waals surface area contributed by atoms with E-state index in [2.05, 4.69) is 10.5 Å². The molecule has 5 nitrogen and oxygen atoms in total. The van der Waals surface area contributed by atoms with Crippen LogP contribution in [0.3, 0.4) is 0 Å². The van der Waals surface area contributed by atoms with E-state index in [0.717, 1.165) is 0 Å². The summed E-state index contributed by atoms with van der Waals surface area (Å²) in [6, 6.07) is 5.39. The molecule has 2 saturated carbocycles. The van der Waals surface area contributed by atoms with Gasteiger partial charge in [0.05, 0.1) is 0 Å². The van der Waals surface area contributed by atoms with Gasteiger partial charge >= 0.3 is 0 Å². The van der Waals surface area contributed by atoms with Crippen LogP contribution < -0.4 is 5.32 Å². The van der Waals surface area contributed by atoms with Crippen LogP contribution in [0.5, 0.6) is 0 Å². The highest BCUT2D eigenvalue weighted by Gasteiger charge is 2.76. The van der Waals surface area contributed by atoms with Crippen LogP contribution in [0, 0.1) is 22.1 Å². The number of oxime groups is 1. The Bertz CT molecular complexity index is 726. The predicted octanol–water partition coefficient (Wildman–Crippen LogP) is 2.99. The van der Waals surface area contributed by atoms with Gasteiger partial charge in [0.15, 0.2) is 5.78 Å². The molecule has 2 N–H and O–H groups in total. The van der Waals surface area contributed by atoms with Gasteiger partial charge in [-0.15, -0.1) is 0 Å². The number of nitrogens with zero attached hydrogens (tertiary/aromatic N) is 1. The molecular formula is C17H19FN2O3. The van der Waals surface area contributed by atoms with E-state index in [1.165, 1.54) is 24.3 Å². The van der Waals surface area contributed by atoms with Gasteiger partial charge in [0.1, 0.15) is 16.9 Å². The number of hydrogen-bond acceptors (Lipinski definition) is 4. The van der Waals surface area contributed by atoms with Crippen molar-refractivity contribution in [3.63, 3.8) is 0 Å². The van der Waals surface area contributed by atoms with Crippen molar-refractivity contribution < 1.29 is 19.2 Å². The SMILES string of the molecule is CC12CCC(C(=O)Nc3ccc(F)cc3)(C(=O)/C1=N\O)C2(C)C. The van der Waals surface area contributed by atoms with E-state index in [1.807, 2.05) is 20.8 Å². The lowest BCUT2D eigenvalue weighted by Gasteiger charge is -2.37. The number of hydrogen-bond donors (Lipinski definition) is 2. The molecule has 2 aliphatic rings. The molecule has 122 valence electrons. The lowest BCUT2D eigenvalue weighted by molar-refractivity contribution is -0.140. The maximum absolute atomic E-state index is 13.0. The number of carbonyl (C=O) groups is 2. The zero-order chi connectivity index (χ0) is 17.0. The molecule has 0 aliphatic heterocycles. The Kier molecular flexibility index (Phi) is 3.15. The number of nitrogens with one attached hydrogen (secondary N) is 1. The standard InChI is InChI=1S/C17H19FN2O3/c1-15(2)16(3)8-9-17(15,13(21)12(16)20-23)14(22)19-11-6-4-10(18)5-7-11/h4-7,23H,8-9H2,1-3H3,(H,19,22)/b20-12+. The van der Waals surface area contributed by atoms with Crippen molar-refractivity contribution >= 4 is 23.1 Å². The lowest BCUT2D eigenvalue weighted by atomic mass is 9.64.